The zero-order valence-corrected chi connectivity index (χ0v) is 10.3. The highest BCUT2D eigenvalue weighted by Crippen LogP contribution is 2.18. The van der Waals surface area contributed by atoms with Crippen LogP contribution in [0, 0.1) is 0 Å². The first kappa shape index (κ1) is 13.5. The fraction of sp³-hybridized carbons (Fsp3) is 0.600. The Morgan fingerprint density at radius 2 is 2.11 bits per heavy atom. The largest absolute Gasteiger partial charge is 0.408 e. The van der Waals surface area contributed by atoms with Crippen LogP contribution in [-0.2, 0) is 25.9 Å². The Kier molecular flexibility index (Phi) is 3.82. The maximum Gasteiger partial charge on any atom is 0.408 e. The molecule has 0 spiro atoms. The summed E-state index contributed by atoms with van der Waals surface area (Å²) in [5.74, 6) is 0.725. The second-order valence-corrected chi connectivity index (χ2v) is 3.98. The highest BCUT2D eigenvalue weighted by molar-refractivity contribution is 4.94. The molecular weight excluding hydrogens is 261 g/mol. The average Bonchev–Trinajstić information content (AvgIpc) is 2.93. The van der Waals surface area contributed by atoms with Gasteiger partial charge in [0, 0.05) is 19.4 Å². The van der Waals surface area contributed by atoms with Crippen LogP contribution in [-0.4, -0.2) is 35.7 Å². The van der Waals surface area contributed by atoms with E-state index < -0.39 is 12.7 Å². The smallest absolute Gasteiger partial charge is 0.253 e. The van der Waals surface area contributed by atoms with Crippen LogP contribution >= 0.6 is 0 Å². The Labute approximate surface area is 107 Å². The van der Waals surface area contributed by atoms with Crippen LogP contribution in [0.4, 0.5) is 13.2 Å². The molecule has 0 amide bonds. The summed E-state index contributed by atoms with van der Waals surface area (Å²) in [5, 5.41) is 7.74. The summed E-state index contributed by atoms with van der Waals surface area (Å²) in [4.78, 5) is 7.87. The normalized spacial score (nSPS) is 12.0. The molecular formula is C10H13F3N6. The van der Waals surface area contributed by atoms with Crippen LogP contribution in [0.3, 0.4) is 0 Å². The number of rotatable bonds is 5. The number of aryl methyl sites for hydroxylation is 3. The van der Waals surface area contributed by atoms with E-state index in [0.717, 1.165) is 4.68 Å². The number of aromatic nitrogens is 6. The summed E-state index contributed by atoms with van der Waals surface area (Å²) in [6, 6.07) is 0. The minimum Gasteiger partial charge on any atom is -0.253 e. The molecule has 0 saturated carbocycles. The minimum absolute atomic E-state index is 0.310. The zero-order chi connectivity index (χ0) is 13.9. The lowest BCUT2D eigenvalue weighted by atomic mass is 10.4. The number of hydrogen-bond acceptors (Lipinski definition) is 4. The molecule has 0 N–H and O–H groups in total. The Morgan fingerprint density at radius 1 is 1.32 bits per heavy atom. The Hall–Kier alpha value is -1.93. The van der Waals surface area contributed by atoms with Crippen molar-refractivity contribution in [3.05, 3.63) is 24.3 Å². The van der Waals surface area contributed by atoms with Crippen LogP contribution < -0.4 is 0 Å². The topological polar surface area (TPSA) is 61.4 Å². The van der Waals surface area contributed by atoms with Gasteiger partial charge >= 0.3 is 6.18 Å². The summed E-state index contributed by atoms with van der Waals surface area (Å²) in [7, 11) is 0. The van der Waals surface area contributed by atoms with Crippen molar-refractivity contribution >= 4 is 0 Å². The standard InChI is InChI=1S/C10H13F3N6/c1-2-8-16-9(3-4-18-7-14-6-15-18)19(17-8)5-10(11,12)13/h6-7H,2-5H2,1H3. The Morgan fingerprint density at radius 3 is 2.68 bits per heavy atom. The molecule has 0 atom stereocenters. The van der Waals surface area contributed by atoms with E-state index in [-0.39, 0.29) is 0 Å². The van der Waals surface area contributed by atoms with Gasteiger partial charge in [0.1, 0.15) is 25.0 Å². The molecule has 0 saturated heterocycles. The highest BCUT2D eigenvalue weighted by atomic mass is 19.4. The summed E-state index contributed by atoms with van der Waals surface area (Å²) in [6.07, 6.45) is -0.600. The van der Waals surface area contributed by atoms with Crippen LogP contribution in [0.15, 0.2) is 12.7 Å². The van der Waals surface area contributed by atoms with Crippen molar-refractivity contribution in [2.45, 2.75) is 39.0 Å². The van der Waals surface area contributed by atoms with Crippen LogP contribution in [0.25, 0.3) is 0 Å². The Balaban J connectivity index is 2.11. The van der Waals surface area contributed by atoms with Gasteiger partial charge in [0.2, 0.25) is 0 Å². The van der Waals surface area contributed by atoms with Gasteiger partial charge in [0.15, 0.2) is 5.82 Å². The number of hydrogen-bond donors (Lipinski definition) is 0. The zero-order valence-electron chi connectivity index (χ0n) is 10.3. The molecule has 0 unspecified atom stereocenters. The SMILES string of the molecule is CCc1nc(CCn2cncn2)n(CC(F)(F)F)n1. The molecule has 0 bridgehead atoms. The monoisotopic (exact) mass is 274 g/mol. The van der Waals surface area contributed by atoms with E-state index in [4.69, 9.17) is 0 Å². The molecule has 2 heterocycles. The van der Waals surface area contributed by atoms with Crippen molar-refractivity contribution < 1.29 is 13.2 Å². The molecule has 6 nitrogen and oxygen atoms in total. The highest BCUT2D eigenvalue weighted by Gasteiger charge is 2.30. The van der Waals surface area contributed by atoms with Crippen molar-refractivity contribution in [1.29, 1.82) is 0 Å². The molecule has 0 radical (unpaired) electrons. The fourth-order valence-corrected chi connectivity index (χ4v) is 1.62. The van der Waals surface area contributed by atoms with E-state index in [2.05, 4.69) is 20.2 Å². The van der Waals surface area contributed by atoms with Crippen molar-refractivity contribution in [2.75, 3.05) is 0 Å². The molecule has 2 rings (SSSR count). The molecule has 0 aliphatic heterocycles. The second kappa shape index (κ2) is 5.37. The van der Waals surface area contributed by atoms with Gasteiger partial charge in [0.05, 0.1) is 0 Å². The third kappa shape index (κ3) is 3.76. The average molecular weight is 274 g/mol. The van der Waals surface area contributed by atoms with Gasteiger partial charge in [-0.1, -0.05) is 6.92 Å². The predicted molar refractivity (Wildman–Crippen MR) is 59.2 cm³/mol. The van der Waals surface area contributed by atoms with Crippen molar-refractivity contribution in [1.82, 2.24) is 29.5 Å². The summed E-state index contributed by atoms with van der Waals surface area (Å²) in [5.41, 5.74) is 0. The molecule has 0 aromatic carbocycles. The predicted octanol–water partition coefficient (Wildman–Crippen LogP) is 1.24. The quantitative estimate of drug-likeness (QED) is 0.823. The van der Waals surface area contributed by atoms with Crippen molar-refractivity contribution in [3.63, 3.8) is 0 Å². The first-order valence-electron chi connectivity index (χ1n) is 5.79. The van der Waals surface area contributed by atoms with Gasteiger partial charge in [0.25, 0.3) is 0 Å². The fourth-order valence-electron chi connectivity index (χ4n) is 1.62. The van der Waals surface area contributed by atoms with E-state index in [1.54, 1.807) is 6.92 Å². The van der Waals surface area contributed by atoms with Crippen LogP contribution in [0.1, 0.15) is 18.6 Å². The molecule has 0 aliphatic carbocycles. The van der Waals surface area contributed by atoms with Gasteiger partial charge in [-0.2, -0.15) is 23.4 Å². The molecule has 9 heteroatoms. The van der Waals surface area contributed by atoms with Gasteiger partial charge < -0.3 is 0 Å². The number of halogens is 3. The van der Waals surface area contributed by atoms with E-state index in [0.29, 0.717) is 31.0 Å². The third-order valence-electron chi connectivity index (χ3n) is 2.47. The van der Waals surface area contributed by atoms with E-state index in [1.165, 1.54) is 17.3 Å². The van der Waals surface area contributed by atoms with Crippen LogP contribution in [0.2, 0.25) is 0 Å². The molecule has 2 aromatic rings. The van der Waals surface area contributed by atoms with Gasteiger partial charge in [-0.05, 0) is 0 Å². The van der Waals surface area contributed by atoms with Gasteiger partial charge in [-0.25, -0.2) is 14.6 Å². The van der Waals surface area contributed by atoms with Gasteiger partial charge in [-0.3, -0.25) is 4.68 Å². The summed E-state index contributed by atoms with van der Waals surface area (Å²) in [6.45, 7) is 1.10. The molecule has 0 aliphatic rings. The maximum atomic E-state index is 12.4. The van der Waals surface area contributed by atoms with E-state index >= 15 is 0 Å². The number of alkyl halides is 3. The van der Waals surface area contributed by atoms with Crippen molar-refractivity contribution in [2.24, 2.45) is 0 Å². The lowest BCUT2D eigenvalue weighted by Crippen LogP contribution is -2.21. The molecule has 19 heavy (non-hydrogen) atoms. The number of nitrogens with zero attached hydrogens (tertiary/aromatic N) is 6. The lowest BCUT2D eigenvalue weighted by molar-refractivity contribution is -0.143. The molecule has 0 fully saturated rings. The third-order valence-corrected chi connectivity index (χ3v) is 2.47. The van der Waals surface area contributed by atoms with Crippen LogP contribution in [0.5, 0.6) is 0 Å². The van der Waals surface area contributed by atoms with E-state index in [1.807, 2.05) is 0 Å². The minimum atomic E-state index is -4.30. The summed E-state index contributed by atoms with van der Waals surface area (Å²) < 4.78 is 39.7. The summed E-state index contributed by atoms with van der Waals surface area (Å²) >= 11 is 0. The maximum absolute atomic E-state index is 12.4. The lowest BCUT2D eigenvalue weighted by Gasteiger charge is -2.08. The van der Waals surface area contributed by atoms with Crippen molar-refractivity contribution in [3.8, 4) is 0 Å². The van der Waals surface area contributed by atoms with Gasteiger partial charge in [-0.15, -0.1) is 0 Å². The second-order valence-electron chi connectivity index (χ2n) is 3.98. The molecule has 2 aromatic heterocycles. The first-order chi connectivity index (χ1) is 8.98. The Bertz CT molecular complexity index is 516. The van der Waals surface area contributed by atoms with E-state index in [9.17, 15) is 13.2 Å². The first-order valence-corrected chi connectivity index (χ1v) is 5.79. The molecule has 104 valence electrons.